The molecule has 6 heteroatoms. The van der Waals surface area contributed by atoms with Crippen molar-refractivity contribution in [3.05, 3.63) is 42.1 Å². The van der Waals surface area contributed by atoms with Crippen LogP contribution in [0.2, 0.25) is 0 Å². The third-order valence-corrected chi connectivity index (χ3v) is 2.87. The van der Waals surface area contributed by atoms with Crippen molar-refractivity contribution < 1.29 is 0 Å². The molecule has 0 radical (unpaired) electrons. The molecule has 3 aromatic rings. The van der Waals surface area contributed by atoms with E-state index in [4.69, 9.17) is 11.5 Å². The number of benzene rings is 1. The van der Waals surface area contributed by atoms with Gasteiger partial charge < -0.3 is 11.5 Å². The second-order valence-electron chi connectivity index (χ2n) is 4.23. The number of nitriles is 1. The Morgan fingerprint density at radius 1 is 1.00 bits per heavy atom. The Hall–Kier alpha value is -3.20. The highest BCUT2D eigenvalue weighted by Gasteiger charge is 2.11. The summed E-state index contributed by atoms with van der Waals surface area (Å²) in [5.74, 6) is 0.321. The summed E-state index contributed by atoms with van der Waals surface area (Å²) in [4.78, 5) is 12.3. The highest BCUT2D eigenvalue weighted by Crippen LogP contribution is 2.26. The van der Waals surface area contributed by atoms with E-state index in [0.29, 0.717) is 11.3 Å². The molecule has 2 aromatic heterocycles. The molecule has 0 aliphatic heterocycles. The first kappa shape index (κ1) is 11.9. The van der Waals surface area contributed by atoms with Crippen LogP contribution in [0.5, 0.6) is 0 Å². The number of fused-ring (bicyclic) bond motifs is 1. The van der Waals surface area contributed by atoms with Gasteiger partial charge in [-0.05, 0) is 12.1 Å². The number of hydrogen-bond donors (Lipinski definition) is 2. The van der Waals surface area contributed by atoms with Gasteiger partial charge in [-0.1, -0.05) is 18.2 Å². The Kier molecular flexibility index (Phi) is 2.66. The summed E-state index contributed by atoms with van der Waals surface area (Å²) in [6.45, 7) is 0. The number of hydrogen-bond acceptors (Lipinski definition) is 6. The average molecular weight is 262 g/mol. The van der Waals surface area contributed by atoms with E-state index < -0.39 is 0 Å². The lowest BCUT2D eigenvalue weighted by Gasteiger charge is -2.06. The minimum atomic E-state index is 0.0667. The molecule has 96 valence electrons. The van der Waals surface area contributed by atoms with Crippen LogP contribution in [-0.2, 0) is 0 Å². The Morgan fingerprint density at radius 3 is 2.55 bits per heavy atom. The van der Waals surface area contributed by atoms with Gasteiger partial charge in [0.25, 0.3) is 0 Å². The van der Waals surface area contributed by atoms with Crippen LogP contribution in [-0.4, -0.2) is 15.0 Å². The summed E-state index contributed by atoms with van der Waals surface area (Å²) in [5, 5.41) is 10.2. The predicted molar refractivity (Wildman–Crippen MR) is 76.3 cm³/mol. The second-order valence-corrected chi connectivity index (χ2v) is 4.23. The van der Waals surface area contributed by atoms with E-state index in [1.165, 1.54) is 0 Å². The summed E-state index contributed by atoms with van der Waals surface area (Å²) in [6.07, 6.45) is 0. The highest BCUT2D eigenvalue weighted by atomic mass is 15.0. The van der Waals surface area contributed by atoms with Crippen molar-refractivity contribution in [2.75, 3.05) is 11.5 Å². The van der Waals surface area contributed by atoms with Crippen LogP contribution in [0.1, 0.15) is 5.69 Å². The number of rotatable bonds is 1. The van der Waals surface area contributed by atoms with E-state index in [0.717, 1.165) is 10.9 Å². The fraction of sp³-hybridized carbons (Fsp3) is 0. The number of nitrogens with two attached hydrogens (primary N) is 2. The van der Waals surface area contributed by atoms with Crippen molar-refractivity contribution in [2.24, 2.45) is 0 Å². The number of aromatic nitrogens is 3. The van der Waals surface area contributed by atoms with Crippen LogP contribution in [0, 0.1) is 11.3 Å². The molecule has 0 unspecified atom stereocenters. The number of nitrogen functional groups attached to an aromatic ring is 2. The SMILES string of the molecule is N#Cc1nc2ccccc2cc1-c1cc(N)nc(N)n1. The van der Waals surface area contributed by atoms with Crippen molar-refractivity contribution in [3.8, 4) is 17.3 Å². The fourth-order valence-corrected chi connectivity index (χ4v) is 2.02. The predicted octanol–water partition coefficient (Wildman–Crippen LogP) is 1.73. The molecule has 20 heavy (non-hydrogen) atoms. The molecule has 0 fully saturated rings. The summed E-state index contributed by atoms with van der Waals surface area (Å²) >= 11 is 0. The van der Waals surface area contributed by atoms with Crippen LogP contribution in [0.4, 0.5) is 11.8 Å². The molecule has 4 N–H and O–H groups in total. The van der Waals surface area contributed by atoms with Crippen LogP contribution < -0.4 is 11.5 Å². The van der Waals surface area contributed by atoms with E-state index in [1.807, 2.05) is 30.3 Å². The van der Waals surface area contributed by atoms with E-state index in [1.54, 1.807) is 6.07 Å². The molecule has 0 bridgehead atoms. The maximum atomic E-state index is 9.26. The second kappa shape index (κ2) is 4.48. The lowest BCUT2D eigenvalue weighted by Crippen LogP contribution is -2.02. The zero-order valence-corrected chi connectivity index (χ0v) is 10.4. The van der Waals surface area contributed by atoms with Crippen molar-refractivity contribution in [1.29, 1.82) is 5.26 Å². The standard InChI is InChI=1S/C14H10N6/c15-7-12-9(11-6-13(16)20-14(17)19-11)5-8-3-1-2-4-10(8)18-12/h1-6H,(H4,16,17,19,20). The molecule has 0 spiro atoms. The van der Waals surface area contributed by atoms with Gasteiger partial charge >= 0.3 is 0 Å². The third-order valence-electron chi connectivity index (χ3n) is 2.87. The number of para-hydroxylation sites is 1. The van der Waals surface area contributed by atoms with E-state index in [-0.39, 0.29) is 17.5 Å². The molecular formula is C14H10N6. The first-order chi connectivity index (χ1) is 9.67. The van der Waals surface area contributed by atoms with Gasteiger partial charge in [-0.2, -0.15) is 10.2 Å². The van der Waals surface area contributed by atoms with Gasteiger partial charge in [0.05, 0.1) is 11.2 Å². The topological polar surface area (TPSA) is 114 Å². The molecule has 1 aromatic carbocycles. The molecule has 0 saturated heterocycles. The molecule has 0 saturated carbocycles. The van der Waals surface area contributed by atoms with Crippen molar-refractivity contribution in [2.45, 2.75) is 0 Å². The number of pyridine rings is 1. The molecule has 0 aliphatic carbocycles. The average Bonchev–Trinajstić information content (AvgIpc) is 2.44. The van der Waals surface area contributed by atoms with Crippen molar-refractivity contribution in [1.82, 2.24) is 15.0 Å². The molecule has 0 aliphatic rings. The molecule has 6 nitrogen and oxygen atoms in total. The van der Waals surface area contributed by atoms with Crippen molar-refractivity contribution >= 4 is 22.7 Å². The fourth-order valence-electron chi connectivity index (χ4n) is 2.02. The quantitative estimate of drug-likeness (QED) is 0.690. The summed E-state index contributed by atoms with van der Waals surface area (Å²) in [5.41, 5.74) is 13.4. The van der Waals surface area contributed by atoms with Gasteiger partial charge in [0.2, 0.25) is 5.95 Å². The van der Waals surface area contributed by atoms with Crippen LogP contribution in [0.25, 0.3) is 22.2 Å². The Bertz CT molecular complexity index is 830. The first-order valence-corrected chi connectivity index (χ1v) is 5.87. The third kappa shape index (κ3) is 1.97. The van der Waals surface area contributed by atoms with Crippen molar-refractivity contribution in [3.63, 3.8) is 0 Å². The van der Waals surface area contributed by atoms with Gasteiger partial charge in [0.15, 0.2) is 5.69 Å². The smallest absolute Gasteiger partial charge is 0.222 e. The minimum Gasteiger partial charge on any atom is -0.384 e. The Labute approximate surface area is 114 Å². The normalized spacial score (nSPS) is 10.3. The molecule has 3 rings (SSSR count). The largest absolute Gasteiger partial charge is 0.384 e. The van der Waals surface area contributed by atoms with Gasteiger partial charge in [-0.3, -0.25) is 0 Å². The maximum absolute atomic E-state index is 9.26. The van der Waals surface area contributed by atoms with E-state index >= 15 is 0 Å². The van der Waals surface area contributed by atoms with E-state index in [2.05, 4.69) is 21.0 Å². The van der Waals surface area contributed by atoms with Gasteiger partial charge in [0, 0.05) is 17.0 Å². The van der Waals surface area contributed by atoms with E-state index in [9.17, 15) is 5.26 Å². The summed E-state index contributed by atoms with van der Waals surface area (Å²) < 4.78 is 0. The molecule has 0 atom stereocenters. The number of anilines is 2. The van der Waals surface area contributed by atoms with Gasteiger partial charge in [0.1, 0.15) is 11.9 Å². The van der Waals surface area contributed by atoms with Gasteiger partial charge in [-0.25, -0.2) is 9.97 Å². The summed E-state index contributed by atoms with van der Waals surface area (Å²) in [6, 6.07) is 13.0. The first-order valence-electron chi connectivity index (χ1n) is 5.87. The molecule has 2 heterocycles. The molecule has 0 amide bonds. The lowest BCUT2D eigenvalue weighted by atomic mass is 10.1. The Balaban J connectivity index is 2.32. The van der Waals surface area contributed by atoms with Crippen LogP contribution >= 0.6 is 0 Å². The lowest BCUT2D eigenvalue weighted by molar-refractivity contribution is 1.19. The zero-order valence-electron chi connectivity index (χ0n) is 10.4. The molecular weight excluding hydrogens is 252 g/mol. The number of nitrogens with zero attached hydrogens (tertiary/aromatic N) is 4. The maximum Gasteiger partial charge on any atom is 0.222 e. The van der Waals surface area contributed by atoms with Gasteiger partial charge in [-0.15, -0.1) is 0 Å². The minimum absolute atomic E-state index is 0.0667. The monoisotopic (exact) mass is 262 g/mol. The highest BCUT2D eigenvalue weighted by molar-refractivity contribution is 5.85. The Morgan fingerprint density at radius 2 is 1.80 bits per heavy atom. The zero-order chi connectivity index (χ0) is 14.1. The summed E-state index contributed by atoms with van der Waals surface area (Å²) in [7, 11) is 0. The van der Waals surface area contributed by atoms with Crippen LogP contribution in [0.3, 0.4) is 0 Å². The van der Waals surface area contributed by atoms with Crippen LogP contribution in [0.15, 0.2) is 36.4 Å².